The lowest BCUT2D eigenvalue weighted by molar-refractivity contribution is 0.0470. The van der Waals surface area contributed by atoms with Crippen LogP contribution in [0.1, 0.15) is 33.1 Å². The number of aromatic hydroxyl groups is 1. The number of hydrogen-bond acceptors (Lipinski definition) is 7. The molecule has 4 fully saturated rings. The summed E-state index contributed by atoms with van der Waals surface area (Å²) in [6.45, 7) is 6.94. The molecule has 2 bridgehead atoms. The van der Waals surface area contributed by atoms with Gasteiger partial charge in [0.25, 0.3) is 0 Å². The fourth-order valence-electron chi connectivity index (χ4n) is 7.44. The van der Waals surface area contributed by atoms with Crippen molar-refractivity contribution in [3.05, 3.63) is 54.1 Å². The Morgan fingerprint density at radius 1 is 1.02 bits per heavy atom. The second kappa shape index (κ2) is 8.97. The van der Waals surface area contributed by atoms with E-state index in [4.69, 9.17) is 9.72 Å². The van der Waals surface area contributed by atoms with Crippen LogP contribution in [-0.4, -0.2) is 71.4 Å². The van der Waals surface area contributed by atoms with Crippen molar-refractivity contribution in [2.45, 2.75) is 44.2 Å². The SMILES string of the molecule is CN(C)CC1(COc2nc(N3CC4(C)CC(C)(C3)N4)c3cc(F)c(-c4cc(O)cc5ccccc45)c(F)c3n2)CC1. The topological polar surface area (TPSA) is 73.8 Å². The summed E-state index contributed by atoms with van der Waals surface area (Å²) in [5.74, 6) is -1.12. The molecule has 3 saturated heterocycles. The Morgan fingerprint density at radius 3 is 2.41 bits per heavy atom. The third-order valence-electron chi connectivity index (χ3n) is 8.84. The standard InChI is InChI=1S/C32H35F2N5O2/c1-30-14-31(2,37-30)16-39(15-30)28-23-13-24(33)25(22-12-20(40)11-19-7-5-6-8-21(19)22)26(34)27(23)35-29(36-28)41-18-32(9-10-32)17-38(3)4/h5-8,11-13,37,40H,9-10,14-18H2,1-4H3. The molecule has 1 aliphatic carbocycles. The van der Waals surface area contributed by atoms with Crippen LogP contribution in [-0.2, 0) is 0 Å². The number of benzene rings is 3. The molecule has 41 heavy (non-hydrogen) atoms. The molecule has 7 nitrogen and oxygen atoms in total. The summed E-state index contributed by atoms with van der Waals surface area (Å²) in [5.41, 5.74) is -0.125. The molecule has 1 saturated carbocycles. The largest absolute Gasteiger partial charge is 0.508 e. The van der Waals surface area contributed by atoms with Gasteiger partial charge >= 0.3 is 6.01 Å². The van der Waals surface area contributed by atoms with Crippen molar-refractivity contribution in [1.82, 2.24) is 20.2 Å². The fourth-order valence-corrected chi connectivity index (χ4v) is 7.44. The summed E-state index contributed by atoms with van der Waals surface area (Å²) >= 11 is 0. The number of halogens is 2. The van der Waals surface area contributed by atoms with Crippen LogP contribution >= 0.6 is 0 Å². The van der Waals surface area contributed by atoms with Crippen LogP contribution in [0.5, 0.6) is 11.8 Å². The number of rotatable bonds is 7. The number of phenols is 1. The van der Waals surface area contributed by atoms with Crippen LogP contribution in [0, 0.1) is 17.0 Å². The monoisotopic (exact) mass is 559 g/mol. The van der Waals surface area contributed by atoms with Crippen molar-refractivity contribution in [2.24, 2.45) is 5.41 Å². The molecule has 4 aliphatic rings. The molecule has 3 aromatic carbocycles. The number of fused-ring (bicyclic) bond motifs is 4. The van der Waals surface area contributed by atoms with E-state index in [1.165, 1.54) is 12.1 Å². The summed E-state index contributed by atoms with van der Waals surface area (Å²) in [6, 6.07) is 11.6. The molecule has 4 heterocycles. The number of ether oxygens (including phenoxy) is 1. The predicted molar refractivity (Wildman–Crippen MR) is 157 cm³/mol. The number of aromatic nitrogens is 2. The quantitative estimate of drug-likeness (QED) is 0.310. The molecule has 9 heteroatoms. The maximum absolute atomic E-state index is 16.6. The van der Waals surface area contributed by atoms with Gasteiger partial charge in [-0.2, -0.15) is 9.97 Å². The first-order chi connectivity index (χ1) is 19.5. The van der Waals surface area contributed by atoms with Crippen molar-refractivity contribution < 1.29 is 18.6 Å². The Hall–Kier alpha value is -3.56. The lowest BCUT2D eigenvalue weighted by Crippen LogP contribution is -2.80. The van der Waals surface area contributed by atoms with E-state index < -0.39 is 11.6 Å². The van der Waals surface area contributed by atoms with Gasteiger partial charge in [-0.3, -0.25) is 0 Å². The first kappa shape index (κ1) is 26.3. The zero-order valence-corrected chi connectivity index (χ0v) is 23.9. The molecule has 4 aromatic rings. The van der Waals surface area contributed by atoms with Crippen molar-refractivity contribution in [3.8, 4) is 22.9 Å². The number of hydrogen-bond donors (Lipinski definition) is 2. The molecule has 1 aromatic heterocycles. The molecule has 214 valence electrons. The average Bonchev–Trinajstić information content (AvgIpc) is 3.64. The van der Waals surface area contributed by atoms with Crippen LogP contribution in [0.3, 0.4) is 0 Å². The van der Waals surface area contributed by atoms with Gasteiger partial charge < -0.3 is 25.0 Å². The second-order valence-corrected chi connectivity index (χ2v) is 13.3. The Balaban J connectivity index is 1.38. The van der Waals surface area contributed by atoms with Gasteiger partial charge in [-0.05, 0) is 81.7 Å². The van der Waals surface area contributed by atoms with Gasteiger partial charge in [0.15, 0.2) is 5.82 Å². The summed E-state index contributed by atoms with van der Waals surface area (Å²) in [7, 11) is 4.08. The van der Waals surface area contributed by atoms with Gasteiger partial charge in [-0.15, -0.1) is 0 Å². The van der Waals surface area contributed by atoms with E-state index >= 15 is 8.78 Å². The predicted octanol–water partition coefficient (Wildman–Crippen LogP) is 5.49. The zero-order valence-electron chi connectivity index (χ0n) is 23.9. The Morgan fingerprint density at radius 2 is 1.73 bits per heavy atom. The van der Waals surface area contributed by atoms with E-state index in [-0.39, 0.29) is 44.9 Å². The number of anilines is 1. The van der Waals surface area contributed by atoms with Gasteiger partial charge in [0, 0.05) is 41.5 Å². The number of piperidine rings is 1. The van der Waals surface area contributed by atoms with E-state index in [9.17, 15) is 5.11 Å². The first-order valence-corrected chi connectivity index (χ1v) is 14.2. The van der Waals surface area contributed by atoms with Crippen molar-refractivity contribution in [2.75, 3.05) is 45.2 Å². The highest BCUT2D eigenvalue weighted by Gasteiger charge is 2.54. The normalized spacial score (nSPS) is 24.6. The Kier molecular flexibility index (Phi) is 5.76. The van der Waals surface area contributed by atoms with Crippen LogP contribution in [0.2, 0.25) is 0 Å². The van der Waals surface area contributed by atoms with Gasteiger partial charge in [0.1, 0.15) is 22.9 Å². The van der Waals surface area contributed by atoms with Crippen LogP contribution in [0.15, 0.2) is 42.5 Å². The Labute approximate surface area is 238 Å². The molecular formula is C32H35F2N5O2. The molecule has 2 N–H and O–H groups in total. The van der Waals surface area contributed by atoms with Gasteiger partial charge in [0.2, 0.25) is 0 Å². The summed E-state index contributed by atoms with van der Waals surface area (Å²) in [6.07, 6.45) is 3.12. The first-order valence-electron chi connectivity index (χ1n) is 14.2. The number of phenolic OH excluding ortho intramolecular Hbond substituents is 1. The second-order valence-electron chi connectivity index (χ2n) is 13.3. The average molecular weight is 560 g/mol. The molecule has 3 aliphatic heterocycles. The van der Waals surface area contributed by atoms with Crippen LogP contribution < -0.4 is 15.0 Å². The molecule has 8 rings (SSSR count). The van der Waals surface area contributed by atoms with E-state index in [0.717, 1.165) is 25.8 Å². The lowest BCUT2D eigenvalue weighted by Gasteiger charge is -2.62. The number of nitrogens with zero attached hydrogens (tertiary/aromatic N) is 4. The number of piperazine rings is 1. The highest BCUT2D eigenvalue weighted by Crippen LogP contribution is 2.47. The van der Waals surface area contributed by atoms with E-state index in [0.29, 0.717) is 41.7 Å². The molecule has 0 radical (unpaired) electrons. The lowest BCUT2D eigenvalue weighted by atomic mass is 9.69. The fraction of sp³-hybridized carbons (Fsp3) is 0.438. The Bertz CT molecular complexity index is 1680. The minimum Gasteiger partial charge on any atom is -0.508 e. The summed E-state index contributed by atoms with van der Waals surface area (Å²) in [4.78, 5) is 13.6. The summed E-state index contributed by atoms with van der Waals surface area (Å²) < 4.78 is 38.8. The molecule has 0 spiro atoms. The number of nitrogens with one attached hydrogen (secondary N) is 1. The third kappa shape index (κ3) is 4.55. The molecule has 2 unspecified atom stereocenters. The van der Waals surface area contributed by atoms with Crippen LogP contribution in [0.4, 0.5) is 14.6 Å². The van der Waals surface area contributed by atoms with Gasteiger partial charge in [0.05, 0.1) is 12.2 Å². The van der Waals surface area contributed by atoms with Gasteiger partial charge in [-0.25, -0.2) is 8.78 Å². The third-order valence-corrected chi connectivity index (χ3v) is 8.84. The molecule has 0 amide bonds. The smallest absolute Gasteiger partial charge is 0.319 e. The minimum absolute atomic E-state index is 0.00814. The molecular weight excluding hydrogens is 524 g/mol. The maximum atomic E-state index is 16.6. The van der Waals surface area contributed by atoms with E-state index in [1.807, 2.05) is 26.2 Å². The van der Waals surface area contributed by atoms with E-state index in [1.54, 1.807) is 18.2 Å². The zero-order chi connectivity index (χ0) is 28.7. The molecule has 2 atom stereocenters. The van der Waals surface area contributed by atoms with Gasteiger partial charge in [-0.1, -0.05) is 24.3 Å². The van der Waals surface area contributed by atoms with Crippen molar-refractivity contribution in [3.63, 3.8) is 0 Å². The highest BCUT2D eigenvalue weighted by molar-refractivity contribution is 6.01. The van der Waals surface area contributed by atoms with Crippen LogP contribution in [0.25, 0.3) is 32.8 Å². The minimum atomic E-state index is -0.795. The highest BCUT2D eigenvalue weighted by atomic mass is 19.1. The maximum Gasteiger partial charge on any atom is 0.319 e. The van der Waals surface area contributed by atoms with Crippen molar-refractivity contribution in [1.29, 1.82) is 0 Å². The summed E-state index contributed by atoms with van der Waals surface area (Å²) in [5, 5.41) is 15.7. The van der Waals surface area contributed by atoms with Crippen molar-refractivity contribution >= 4 is 27.5 Å². The van der Waals surface area contributed by atoms with E-state index in [2.05, 4.69) is 33.9 Å².